The molecule has 0 radical (unpaired) electrons. The Morgan fingerprint density at radius 2 is 1.13 bits per heavy atom. The maximum Gasteiger partial charge on any atom is 0.471 e. The molecule has 0 bridgehead atoms. The van der Waals surface area contributed by atoms with E-state index in [1.807, 2.05) is 0 Å². The standard InChI is InChI=1S/C11H6F6N2O4/c12-10(13,14)8(22)18-5-1-4(7(20)21)2-6(3-5)19-9(23)11(15,16)17/h1-3H,(H,18,22)(H,19,23)(H,20,21). The SMILES string of the molecule is O=C(O)c1cc(NC(=O)C(F)(F)F)cc(NC(=O)C(F)(F)F)c1. The second kappa shape index (κ2) is 6.14. The molecule has 1 rings (SSSR count). The fourth-order valence-corrected chi connectivity index (χ4v) is 1.30. The summed E-state index contributed by atoms with van der Waals surface area (Å²) in [7, 11) is 0. The zero-order chi connectivity index (χ0) is 18.0. The number of amides is 2. The predicted octanol–water partition coefficient (Wildman–Crippen LogP) is 2.39. The summed E-state index contributed by atoms with van der Waals surface area (Å²) in [6.07, 6.45) is -10.6. The largest absolute Gasteiger partial charge is 0.478 e. The molecule has 0 saturated heterocycles. The molecule has 0 saturated carbocycles. The number of carboxylic acid groups (broad SMARTS) is 1. The van der Waals surface area contributed by atoms with Crippen LogP contribution in [0.15, 0.2) is 18.2 Å². The highest BCUT2D eigenvalue weighted by Gasteiger charge is 2.40. The number of anilines is 2. The van der Waals surface area contributed by atoms with Crippen LogP contribution in [0.25, 0.3) is 0 Å². The van der Waals surface area contributed by atoms with E-state index in [2.05, 4.69) is 0 Å². The van der Waals surface area contributed by atoms with Crippen LogP contribution in [-0.2, 0) is 9.59 Å². The minimum Gasteiger partial charge on any atom is -0.478 e. The molecule has 0 spiro atoms. The Labute approximate surface area is 123 Å². The molecule has 0 aliphatic carbocycles. The zero-order valence-corrected chi connectivity index (χ0v) is 10.7. The number of carboxylic acids is 1. The summed E-state index contributed by atoms with van der Waals surface area (Å²) in [6.45, 7) is 0. The number of benzene rings is 1. The summed E-state index contributed by atoms with van der Waals surface area (Å²) >= 11 is 0. The molecule has 3 N–H and O–H groups in total. The molecule has 126 valence electrons. The Morgan fingerprint density at radius 1 is 0.783 bits per heavy atom. The topological polar surface area (TPSA) is 95.5 Å². The molecule has 1 aromatic rings. The lowest BCUT2D eigenvalue weighted by molar-refractivity contribution is -0.167. The van der Waals surface area contributed by atoms with Crippen LogP contribution in [0.2, 0.25) is 0 Å². The van der Waals surface area contributed by atoms with Crippen LogP contribution in [0.3, 0.4) is 0 Å². The van der Waals surface area contributed by atoms with Crippen molar-refractivity contribution in [2.24, 2.45) is 0 Å². The van der Waals surface area contributed by atoms with Gasteiger partial charge >= 0.3 is 30.1 Å². The first-order valence-corrected chi connectivity index (χ1v) is 5.45. The summed E-state index contributed by atoms with van der Waals surface area (Å²) < 4.78 is 72.7. The first kappa shape index (κ1) is 18.3. The van der Waals surface area contributed by atoms with Gasteiger partial charge in [-0.15, -0.1) is 0 Å². The Hall–Kier alpha value is -2.79. The highest BCUT2D eigenvalue weighted by molar-refractivity contribution is 6.00. The summed E-state index contributed by atoms with van der Waals surface area (Å²) in [5, 5.41) is 11.3. The molecule has 0 aliphatic rings. The van der Waals surface area contributed by atoms with Crippen molar-refractivity contribution < 1.29 is 45.8 Å². The normalized spacial score (nSPS) is 11.7. The molecule has 0 fully saturated rings. The van der Waals surface area contributed by atoms with Gasteiger partial charge in [-0.05, 0) is 18.2 Å². The molecule has 12 heteroatoms. The summed E-state index contributed by atoms with van der Waals surface area (Å²) in [5.41, 5.74) is -2.27. The fraction of sp³-hybridized carbons (Fsp3) is 0.182. The Balaban J connectivity index is 3.16. The van der Waals surface area contributed by atoms with E-state index >= 15 is 0 Å². The van der Waals surface area contributed by atoms with Gasteiger partial charge in [-0.25, -0.2) is 4.79 Å². The summed E-state index contributed by atoms with van der Waals surface area (Å²) in [6, 6.07) is 1.70. The molecule has 0 atom stereocenters. The lowest BCUT2D eigenvalue weighted by atomic mass is 10.1. The molecule has 23 heavy (non-hydrogen) atoms. The smallest absolute Gasteiger partial charge is 0.471 e. The van der Waals surface area contributed by atoms with E-state index < -0.39 is 47.1 Å². The van der Waals surface area contributed by atoms with Gasteiger partial charge in [-0.3, -0.25) is 9.59 Å². The summed E-state index contributed by atoms with van der Waals surface area (Å²) in [5.74, 6) is -6.63. The molecule has 2 amide bonds. The van der Waals surface area contributed by atoms with E-state index in [0.717, 1.165) is 0 Å². The average molecular weight is 344 g/mol. The van der Waals surface area contributed by atoms with Crippen LogP contribution in [0.5, 0.6) is 0 Å². The van der Waals surface area contributed by atoms with Gasteiger partial charge in [0.2, 0.25) is 0 Å². The van der Waals surface area contributed by atoms with Crippen LogP contribution < -0.4 is 10.6 Å². The highest BCUT2D eigenvalue weighted by Crippen LogP contribution is 2.24. The minimum atomic E-state index is -5.30. The Kier molecular flexibility index (Phi) is 4.87. The number of carbonyl (C=O) groups is 3. The summed E-state index contributed by atoms with van der Waals surface area (Å²) in [4.78, 5) is 32.3. The highest BCUT2D eigenvalue weighted by atomic mass is 19.4. The van der Waals surface area contributed by atoms with Crippen molar-refractivity contribution >= 4 is 29.2 Å². The predicted molar refractivity (Wildman–Crippen MR) is 62.8 cm³/mol. The van der Waals surface area contributed by atoms with E-state index in [-0.39, 0.29) is 0 Å². The van der Waals surface area contributed by atoms with Crippen LogP contribution in [0, 0.1) is 0 Å². The van der Waals surface area contributed by atoms with Gasteiger partial charge in [0.25, 0.3) is 0 Å². The van der Waals surface area contributed by atoms with Crippen molar-refractivity contribution in [1.29, 1.82) is 0 Å². The maximum atomic E-state index is 12.1. The van der Waals surface area contributed by atoms with Crippen LogP contribution in [0.1, 0.15) is 10.4 Å². The van der Waals surface area contributed by atoms with Gasteiger partial charge in [0.15, 0.2) is 0 Å². The average Bonchev–Trinajstić information content (AvgIpc) is 2.35. The zero-order valence-electron chi connectivity index (χ0n) is 10.7. The number of rotatable bonds is 3. The van der Waals surface area contributed by atoms with Crippen molar-refractivity contribution in [1.82, 2.24) is 0 Å². The number of halogens is 6. The molecular weight excluding hydrogens is 338 g/mol. The van der Waals surface area contributed by atoms with Crippen molar-refractivity contribution in [3.05, 3.63) is 23.8 Å². The monoisotopic (exact) mass is 344 g/mol. The number of aromatic carboxylic acids is 1. The van der Waals surface area contributed by atoms with E-state index in [9.17, 15) is 40.7 Å². The van der Waals surface area contributed by atoms with Gasteiger partial charge in [-0.1, -0.05) is 0 Å². The molecular formula is C11H6F6N2O4. The molecule has 1 aromatic carbocycles. The van der Waals surface area contributed by atoms with Crippen molar-refractivity contribution in [2.45, 2.75) is 12.4 Å². The third kappa shape index (κ3) is 5.16. The van der Waals surface area contributed by atoms with E-state index in [1.54, 1.807) is 0 Å². The molecule has 0 aliphatic heterocycles. The van der Waals surface area contributed by atoms with Crippen molar-refractivity contribution in [2.75, 3.05) is 10.6 Å². The van der Waals surface area contributed by atoms with Gasteiger partial charge < -0.3 is 15.7 Å². The van der Waals surface area contributed by atoms with E-state index in [1.165, 1.54) is 10.6 Å². The maximum absolute atomic E-state index is 12.1. The Morgan fingerprint density at radius 3 is 1.39 bits per heavy atom. The molecule has 0 heterocycles. The number of alkyl halides is 6. The van der Waals surface area contributed by atoms with Gasteiger partial charge in [-0.2, -0.15) is 26.3 Å². The third-order valence-electron chi connectivity index (χ3n) is 2.21. The van der Waals surface area contributed by atoms with Gasteiger partial charge in [0.05, 0.1) is 5.56 Å². The van der Waals surface area contributed by atoms with Gasteiger partial charge in [0, 0.05) is 11.4 Å². The number of hydrogen-bond donors (Lipinski definition) is 3. The quantitative estimate of drug-likeness (QED) is 0.734. The lowest BCUT2D eigenvalue weighted by Crippen LogP contribution is -2.31. The molecule has 0 aromatic heterocycles. The van der Waals surface area contributed by atoms with Crippen molar-refractivity contribution in [3.63, 3.8) is 0 Å². The van der Waals surface area contributed by atoms with E-state index in [0.29, 0.717) is 18.2 Å². The number of hydrogen-bond acceptors (Lipinski definition) is 3. The minimum absolute atomic E-state index is 0.541. The van der Waals surface area contributed by atoms with Gasteiger partial charge in [0.1, 0.15) is 0 Å². The third-order valence-corrected chi connectivity index (χ3v) is 2.21. The number of nitrogens with one attached hydrogen (secondary N) is 2. The first-order chi connectivity index (χ1) is 10.3. The van der Waals surface area contributed by atoms with Crippen LogP contribution in [0.4, 0.5) is 37.7 Å². The second-order valence-corrected chi connectivity index (χ2v) is 4.01. The van der Waals surface area contributed by atoms with Crippen molar-refractivity contribution in [3.8, 4) is 0 Å². The van der Waals surface area contributed by atoms with Crippen LogP contribution >= 0.6 is 0 Å². The lowest BCUT2D eigenvalue weighted by Gasteiger charge is -2.12. The second-order valence-electron chi connectivity index (χ2n) is 4.01. The van der Waals surface area contributed by atoms with E-state index in [4.69, 9.17) is 5.11 Å². The fourth-order valence-electron chi connectivity index (χ4n) is 1.30. The first-order valence-electron chi connectivity index (χ1n) is 5.45. The molecule has 6 nitrogen and oxygen atoms in total. The number of carbonyl (C=O) groups excluding carboxylic acids is 2. The Bertz CT molecular complexity index is 607. The van der Waals surface area contributed by atoms with Crippen LogP contribution in [-0.4, -0.2) is 35.2 Å². The molecule has 0 unspecified atom stereocenters.